The first kappa shape index (κ1) is 22.5. The standard InChI is InChI=1S/C25H33N3O4S/c1-26-10-12-32-19-5-3-18(4-6-19)22-14-24(21-8-7-20(31-2)13-23(21)27-22)28-11-9-25(15-28)16-33(29,30)17-25/h3,5,7,13-14,21,26H,4,6,8-12,15-17H2,1-2H3. The summed E-state index contributed by atoms with van der Waals surface area (Å²) in [5.74, 6) is 2.73. The molecule has 1 unspecified atom stereocenters. The Balaban J connectivity index is 1.40. The zero-order chi connectivity index (χ0) is 23.1. The van der Waals surface area contributed by atoms with Gasteiger partial charge in [-0.1, -0.05) is 6.08 Å². The van der Waals surface area contributed by atoms with Crippen LogP contribution in [0.4, 0.5) is 0 Å². The SMILES string of the molecule is CNCCOC1=CC=C(C2=NC3=CC(OC)=CCC3C(N3CCC4(C3)CS(=O)(=O)C4)=C2)CC1. The van der Waals surface area contributed by atoms with Crippen LogP contribution in [0.3, 0.4) is 0 Å². The number of allylic oxidation sites excluding steroid dienone is 7. The Morgan fingerprint density at radius 2 is 2.09 bits per heavy atom. The molecule has 2 saturated heterocycles. The highest BCUT2D eigenvalue weighted by molar-refractivity contribution is 7.92. The summed E-state index contributed by atoms with van der Waals surface area (Å²) in [6.07, 6.45) is 14.2. The van der Waals surface area contributed by atoms with E-state index in [9.17, 15) is 8.42 Å². The van der Waals surface area contributed by atoms with Crippen molar-refractivity contribution in [2.45, 2.75) is 25.7 Å². The van der Waals surface area contributed by atoms with Gasteiger partial charge in [0.15, 0.2) is 9.84 Å². The summed E-state index contributed by atoms with van der Waals surface area (Å²) in [7, 11) is 0.773. The molecule has 0 radical (unpaired) electrons. The number of fused-ring (bicyclic) bond motifs is 1. The minimum Gasteiger partial charge on any atom is -0.497 e. The van der Waals surface area contributed by atoms with Crippen LogP contribution in [0.2, 0.25) is 0 Å². The van der Waals surface area contributed by atoms with Gasteiger partial charge in [0, 0.05) is 49.2 Å². The fourth-order valence-corrected chi connectivity index (χ4v) is 7.84. The molecule has 2 fully saturated rings. The van der Waals surface area contributed by atoms with Crippen LogP contribution in [-0.2, 0) is 19.3 Å². The molecular weight excluding hydrogens is 438 g/mol. The zero-order valence-electron chi connectivity index (χ0n) is 19.5. The Morgan fingerprint density at radius 3 is 2.79 bits per heavy atom. The van der Waals surface area contributed by atoms with Crippen LogP contribution in [0.15, 0.2) is 63.9 Å². The van der Waals surface area contributed by atoms with E-state index in [1.807, 2.05) is 13.1 Å². The first-order valence-corrected chi connectivity index (χ1v) is 13.6. The van der Waals surface area contributed by atoms with Gasteiger partial charge in [-0.3, -0.25) is 4.99 Å². The first-order chi connectivity index (χ1) is 15.9. The van der Waals surface area contributed by atoms with Crippen molar-refractivity contribution >= 4 is 15.5 Å². The van der Waals surface area contributed by atoms with Gasteiger partial charge in [0.1, 0.15) is 12.4 Å². The highest BCUT2D eigenvalue weighted by Crippen LogP contribution is 2.46. The molecule has 8 heteroatoms. The van der Waals surface area contributed by atoms with Crippen LogP contribution in [0.25, 0.3) is 0 Å². The summed E-state index contributed by atoms with van der Waals surface area (Å²) in [5.41, 5.74) is 4.44. The van der Waals surface area contributed by atoms with Crippen LogP contribution >= 0.6 is 0 Å². The number of likely N-dealkylation sites (tertiary alicyclic amines) is 1. The normalized spacial score (nSPS) is 27.3. The minimum absolute atomic E-state index is 0.0626. The minimum atomic E-state index is -2.84. The Hall–Kier alpha value is -2.32. The average Bonchev–Trinajstić information content (AvgIpc) is 3.22. The van der Waals surface area contributed by atoms with Crippen molar-refractivity contribution in [3.8, 4) is 0 Å². The van der Waals surface area contributed by atoms with E-state index in [2.05, 4.69) is 34.5 Å². The van der Waals surface area contributed by atoms with Crippen molar-refractivity contribution in [1.82, 2.24) is 10.2 Å². The van der Waals surface area contributed by atoms with E-state index in [4.69, 9.17) is 14.5 Å². The van der Waals surface area contributed by atoms with E-state index in [-0.39, 0.29) is 11.3 Å². The Morgan fingerprint density at radius 1 is 1.24 bits per heavy atom. The number of rotatable bonds is 7. The number of ether oxygens (including phenoxy) is 2. The van der Waals surface area contributed by atoms with E-state index >= 15 is 0 Å². The van der Waals surface area contributed by atoms with Gasteiger partial charge in [0.2, 0.25) is 0 Å². The van der Waals surface area contributed by atoms with Crippen LogP contribution in [-0.4, -0.2) is 70.9 Å². The second-order valence-electron chi connectivity index (χ2n) is 9.72. The van der Waals surface area contributed by atoms with Gasteiger partial charge >= 0.3 is 0 Å². The average molecular weight is 472 g/mol. The summed E-state index contributed by atoms with van der Waals surface area (Å²) in [5, 5.41) is 3.10. The van der Waals surface area contributed by atoms with Gasteiger partial charge in [0.05, 0.1) is 35.8 Å². The van der Waals surface area contributed by atoms with Gasteiger partial charge < -0.3 is 19.7 Å². The van der Waals surface area contributed by atoms with Crippen molar-refractivity contribution in [3.05, 3.63) is 58.9 Å². The third-order valence-corrected chi connectivity index (χ3v) is 9.37. The van der Waals surface area contributed by atoms with E-state index in [1.165, 1.54) is 11.3 Å². The maximum atomic E-state index is 11.9. The molecular formula is C25H33N3O4S. The molecule has 1 N–H and O–H groups in total. The summed E-state index contributed by atoms with van der Waals surface area (Å²) < 4.78 is 35.1. The quantitative estimate of drug-likeness (QED) is 0.575. The molecule has 3 aliphatic heterocycles. The zero-order valence-corrected chi connectivity index (χ0v) is 20.3. The predicted octanol–water partition coefficient (Wildman–Crippen LogP) is 2.72. The molecule has 3 heterocycles. The molecule has 0 bridgehead atoms. The van der Waals surface area contributed by atoms with Gasteiger partial charge in [-0.15, -0.1) is 0 Å². The van der Waals surface area contributed by atoms with Crippen LogP contribution in [0.1, 0.15) is 25.7 Å². The number of methoxy groups -OCH3 is 1. The van der Waals surface area contributed by atoms with Crippen LogP contribution < -0.4 is 5.32 Å². The number of hydrogen-bond donors (Lipinski definition) is 1. The largest absolute Gasteiger partial charge is 0.497 e. The number of hydrogen-bond acceptors (Lipinski definition) is 7. The number of sulfone groups is 1. The van der Waals surface area contributed by atoms with Gasteiger partial charge in [-0.25, -0.2) is 8.42 Å². The third-order valence-electron chi connectivity index (χ3n) is 7.26. The molecule has 0 amide bonds. The second kappa shape index (κ2) is 8.80. The van der Waals surface area contributed by atoms with E-state index in [1.54, 1.807) is 7.11 Å². The number of dihydropyridines is 1. The van der Waals surface area contributed by atoms with Crippen molar-refractivity contribution < 1.29 is 17.9 Å². The van der Waals surface area contributed by atoms with Crippen molar-refractivity contribution in [3.63, 3.8) is 0 Å². The Labute approximate surface area is 196 Å². The van der Waals surface area contributed by atoms with Crippen LogP contribution in [0, 0.1) is 11.3 Å². The number of aliphatic imine (C=N–C) groups is 1. The molecule has 0 aromatic rings. The molecule has 2 aliphatic carbocycles. The van der Waals surface area contributed by atoms with Gasteiger partial charge in [0.25, 0.3) is 0 Å². The second-order valence-corrected chi connectivity index (χ2v) is 11.8. The fraction of sp³-hybridized carbons (Fsp3) is 0.560. The van der Waals surface area contributed by atoms with Crippen molar-refractivity contribution in [1.29, 1.82) is 0 Å². The number of nitrogens with one attached hydrogen (secondary N) is 1. The molecule has 1 atom stereocenters. The maximum Gasteiger partial charge on any atom is 0.151 e. The molecule has 0 saturated carbocycles. The lowest BCUT2D eigenvalue weighted by atomic mass is 9.86. The number of likely N-dealkylation sites (N-methyl/N-ethyl adjacent to an activating group) is 1. The van der Waals surface area contributed by atoms with Gasteiger partial charge in [-0.2, -0.15) is 0 Å². The smallest absolute Gasteiger partial charge is 0.151 e. The van der Waals surface area contributed by atoms with Gasteiger partial charge in [-0.05, 0) is 50.1 Å². The highest BCUT2D eigenvalue weighted by atomic mass is 32.2. The molecule has 178 valence electrons. The Bertz CT molecular complexity index is 1100. The molecule has 0 aromatic carbocycles. The monoisotopic (exact) mass is 471 g/mol. The molecule has 5 rings (SSSR count). The third kappa shape index (κ3) is 4.55. The lowest BCUT2D eigenvalue weighted by Crippen LogP contribution is -2.50. The first-order valence-electron chi connectivity index (χ1n) is 11.8. The summed E-state index contributed by atoms with van der Waals surface area (Å²) >= 11 is 0. The summed E-state index contributed by atoms with van der Waals surface area (Å²) in [4.78, 5) is 7.47. The van der Waals surface area contributed by atoms with Crippen LogP contribution in [0.5, 0.6) is 0 Å². The highest BCUT2D eigenvalue weighted by Gasteiger charge is 2.53. The molecule has 0 aromatic heterocycles. The lowest BCUT2D eigenvalue weighted by Gasteiger charge is -2.39. The molecule has 33 heavy (non-hydrogen) atoms. The van der Waals surface area contributed by atoms with Crippen molar-refractivity contribution in [2.24, 2.45) is 16.3 Å². The number of nitrogens with zero attached hydrogens (tertiary/aromatic N) is 2. The van der Waals surface area contributed by atoms with E-state index < -0.39 is 9.84 Å². The predicted molar refractivity (Wildman–Crippen MR) is 129 cm³/mol. The van der Waals surface area contributed by atoms with Crippen molar-refractivity contribution in [2.75, 3.05) is 51.9 Å². The fourth-order valence-electron chi connectivity index (χ4n) is 5.59. The van der Waals surface area contributed by atoms with E-state index in [0.717, 1.165) is 68.2 Å². The molecule has 1 spiro atoms. The Kier molecular flexibility index (Phi) is 5.99. The van der Waals surface area contributed by atoms with E-state index in [0.29, 0.717) is 18.1 Å². The lowest BCUT2D eigenvalue weighted by molar-refractivity contribution is 0.204. The summed E-state index contributed by atoms with van der Waals surface area (Å²) in [6, 6.07) is 0. The summed E-state index contributed by atoms with van der Waals surface area (Å²) in [6.45, 7) is 3.22. The molecule has 7 nitrogen and oxygen atoms in total. The molecule has 5 aliphatic rings. The topological polar surface area (TPSA) is 80.2 Å². The maximum absolute atomic E-state index is 11.9.